The summed E-state index contributed by atoms with van der Waals surface area (Å²) in [6.07, 6.45) is 2.97. The first-order valence-electron chi connectivity index (χ1n) is 6.60. The molecule has 2 N–H and O–H groups in total. The highest BCUT2D eigenvalue weighted by Crippen LogP contribution is 2.17. The molecule has 0 spiro atoms. The molecule has 2 rings (SSSR count). The Morgan fingerprint density at radius 2 is 1.95 bits per heavy atom. The number of thioether (sulfide) groups is 1. The van der Waals surface area contributed by atoms with E-state index in [0.29, 0.717) is 12.5 Å². The SMILES string of the molecule is O=C(CCNC1CCSCC1)Nc1ccc(Br)cc1. The molecule has 1 aromatic carbocycles. The summed E-state index contributed by atoms with van der Waals surface area (Å²) in [6, 6.07) is 8.24. The molecule has 0 saturated carbocycles. The molecule has 19 heavy (non-hydrogen) atoms. The van der Waals surface area contributed by atoms with Gasteiger partial charge in [0.15, 0.2) is 0 Å². The zero-order valence-electron chi connectivity index (χ0n) is 10.8. The number of benzene rings is 1. The second-order valence-electron chi connectivity index (χ2n) is 4.65. The van der Waals surface area contributed by atoms with E-state index in [2.05, 4.69) is 26.6 Å². The van der Waals surface area contributed by atoms with Crippen LogP contribution < -0.4 is 10.6 Å². The number of halogens is 1. The molecule has 0 bridgehead atoms. The fraction of sp³-hybridized carbons (Fsp3) is 0.500. The Labute approximate surface area is 127 Å². The summed E-state index contributed by atoms with van der Waals surface area (Å²) in [4.78, 5) is 11.8. The third-order valence-corrected chi connectivity index (χ3v) is 4.71. The fourth-order valence-corrected chi connectivity index (χ4v) is 3.42. The van der Waals surface area contributed by atoms with Crippen LogP contribution in [0, 0.1) is 0 Å². The third-order valence-electron chi connectivity index (χ3n) is 3.13. The molecule has 1 heterocycles. The third kappa shape index (κ3) is 5.55. The van der Waals surface area contributed by atoms with E-state index in [0.717, 1.165) is 16.7 Å². The van der Waals surface area contributed by atoms with Gasteiger partial charge in [-0.1, -0.05) is 15.9 Å². The Bertz CT molecular complexity index is 404. The lowest BCUT2D eigenvalue weighted by atomic mass is 10.1. The zero-order valence-corrected chi connectivity index (χ0v) is 13.2. The number of hydrogen-bond donors (Lipinski definition) is 2. The summed E-state index contributed by atoms with van der Waals surface area (Å²) in [7, 11) is 0. The van der Waals surface area contributed by atoms with Crippen LogP contribution >= 0.6 is 27.7 Å². The smallest absolute Gasteiger partial charge is 0.225 e. The molecule has 1 aliphatic heterocycles. The van der Waals surface area contributed by atoms with Gasteiger partial charge in [0.05, 0.1) is 0 Å². The number of anilines is 1. The second-order valence-corrected chi connectivity index (χ2v) is 6.79. The van der Waals surface area contributed by atoms with Gasteiger partial charge in [0.25, 0.3) is 0 Å². The van der Waals surface area contributed by atoms with Crippen LogP contribution in [-0.4, -0.2) is 30.0 Å². The van der Waals surface area contributed by atoms with Gasteiger partial charge in [-0.05, 0) is 48.6 Å². The Hall–Kier alpha value is -0.520. The molecular weight excluding hydrogens is 324 g/mol. The molecule has 5 heteroatoms. The van der Waals surface area contributed by atoms with Gasteiger partial charge >= 0.3 is 0 Å². The van der Waals surface area contributed by atoms with Crippen molar-refractivity contribution in [2.45, 2.75) is 25.3 Å². The van der Waals surface area contributed by atoms with Gasteiger partial charge < -0.3 is 10.6 Å². The van der Waals surface area contributed by atoms with Gasteiger partial charge in [-0.25, -0.2) is 0 Å². The molecule has 0 atom stereocenters. The number of amides is 1. The molecule has 1 amide bonds. The maximum absolute atomic E-state index is 11.8. The minimum Gasteiger partial charge on any atom is -0.326 e. The lowest BCUT2D eigenvalue weighted by Crippen LogP contribution is -2.34. The normalized spacial score (nSPS) is 16.3. The summed E-state index contributed by atoms with van der Waals surface area (Å²) < 4.78 is 1.02. The van der Waals surface area contributed by atoms with Crippen LogP contribution in [0.3, 0.4) is 0 Å². The predicted molar refractivity (Wildman–Crippen MR) is 85.7 cm³/mol. The average molecular weight is 343 g/mol. The molecule has 1 saturated heterocycles. The Morgan fingerprint density at radius 1 is 1.26 bits per heavy atom. The molecule has 3 nitrogen and oxygen atoms in total. The van der Waals surface area contributed by atoms with Crippen LogP contribution in [0.4, 0.5) is 5.69 Å². The fourth-order valence-electron chi connectivity index (χ4n) is 2.05. The van der Waals surface area contributed by atoms with E-state index in [1.165, 1.54) is 24.3 Å². The van der Waals surface area contributed by atoms with Crippen molar-refractivity contribution in [2.24, 2.45) is 0 Å². The van der Waals surface area contributed by atoms with Gasteiger partial charge in [0.1, 0.15) is 0 Å². The van der Waals surface area contributed by atoms with Crippen LogP contribution in [0.1, 0.15) is 19.3 Å². The van der Waals surface area contributed by atoms with E-state index in [1.54, 1.807) is 0 Å². The van der Waals surface area contributed by atoms with Crippen LogP contribution in [-0.2, 0) is 4.79 Å². The van der Waals surface area contributed by atoms with E-state index >= 15 is 0 Å². The maximum Gasteiger partial charge on any atom is 0.225 e. The minimum atomic E-state index is 0.0695. The van der Waals surface area contributed by atoms with Gasteiger partial charge in [0.2, 0.25) is 5.91 Å². The van der Waals surface area contributed by atoms with Crippen LogP contribution in [0.5, 0.6) is 0 Å². The highest BCUT2D eigenvalue weighted by molar-refractivity contribution is 9.10. The molecule has 1 aromatic rings. The van der Waals surface area contributed by atoms with E-state index < -0.39 is 0 Å². The summed E-state index contributed by atoms with van der Waals surface area (Å²) in [5.74, 6) is 2.55. The van der Waals surface area contributed by atoms with Crippen molar-refractivity contribution in [3.8, 4) is 0 Å². The summed E-state index contributed by atoms with van der Waals surface area (Å²) in [6.45, 7) is 0.762. The van der Waals surface area contributed by atoms with Crippen LogP contribution in [0.2, 0.25) is 0 Å². The lowest BCUT2D eigenvalue weighted by molar-refractivity contribution is -0.116. The van der Waals surface area contributed by atoms with E-state index in [4.69, 9.17) is 0 Å². The molecule has 104 valence electrons. The van der Waals surface area contributed by atoms with Gasteiger partial charge in [-0.3, -0.25) is 4.79 Å². The minimum absolute atomic E-state index is 0.0695. The van der Waals surface area contributed by atoms with E-state index in [9.17, 15) is 4.79 Å². The predicted octanol–water partition coefficient (Wildman–Crippen LogP) is 3.26. The van der Waals surface area contributed by atoms with Crippen molar-refractivity contribution in [3.63, 3.8) is 0 Å². The summed E-state index contributed by atoms with van der Waals surface area (Å²) in [5, 5.41) is 6.37. The quantitative estimate of drug-likeness (QED) is 0.862. The highest BCUT2D eigenvalue weighted by atomic mass is 79.9. The molecule has 1 fully saturated rings. The largest absolute Gasteiger partial charge is 0.326 e. The number of carbonyl (C=O) groups is 1. The number of nitrogens with one attached hydrogen (secondary N) is 2. The first-order chi connectivity index (χ1) is 9.24. The number of carbonyl (C=O) groups excluding carboxylic acids is 1. The van der Waals surface area contributed by atoms with E-state index in [1.807, 2.05) is 36.0 Å². The summed E-state index contributed by atoms with van der Waals surface area (Å²) >= 11 is 5.39. The Balaban J connectivity index is 1.65. The Kier molecular flexibility index (Phi) is 6.20. The second kappa shape index (κ2) is 7.92. The zero-order chi connectivity index (χ0) is 13.5. The summed E-state index contributed by atoms with van der Waals surface area (Å²) in [5.41, 5.74) is 0.849. The molecule has 0 radical (unpaired) electrons. The lowest BCUT2D eigenvalue weighted by Gasteiger charge is -2.22. The first-order valence-corrected chi connectivity index (χ1v) is 8.55. The first kappa shape index (κ1) is 14.9. The van der Waals surface area contributed by atoms with Gasteiger partial charge in [0, 0.05) is 29.2 Å². The van der Waals surface area contributed by atoms with E-state index in [-0.39, 0.29) is 5.91 Å². The molecule has 0 unspecified atom stereocenters. The molecule has 0 aromatic heterocycles. The van der Waals surface area contributed by atoms with Gasteiger partial charge in [-0.2, -0.15) is 11.8 Å². The maximum atomic E-state index is 11.8. The van der Waals surface area contributed by atoms with Crippen molar-refractivity contribution in [1.29, 1.82) is 0 Å². The van der Waals surface area contributed by atoms with Gasteiger partial charge in [-0.15, -0.1) is 0 Å². The Morgan fingerprint density at radius 3 is 2.63 bits per heavy atom. The topological polar surface area (TPSA) is 41.1 Å². The number of hydrogen-bond acceptors (Lipinski definition) is 3. The van der Waals surface area contributed by atoms with Crippen molar-refractivity contribution < 1.29 is 4.79 Å². The van der Waals surface area contributed by atoms with Crippen molar-refractivity contribution in [3.05, 3.63) is 28.7 Å². The number of rotatable bonds is 5. The molecule has 1 aliphatic rings. The molecule has 0 aliphatic carbocycles. The molecular formula is C14H19BrN2OS. The standard InChI is InChI=1S/C14H19BrN2OS/c15-11-1-3-13(4-2-11)17-14(18)5-8-16-12-6-9-19-10-7-12/h1-4,12,16H,5-10H2,(H,17,18). The van der Waals surface area contributed by atoms with Crippen molar-refractivity contribution >= 4 is 39.3 Å². The van der Waals surface area contributed by atoms with Crippen LogP contribution in [0.15, 0.2) is 28.7 Å². The highest BCUT2D eigenvalue weighted by Gasteiger charge is 2.13. The average Bonchev–Trinajstić information content (AvgIpc) is 2.43. The van der Waals surface area contributed by atoms with Crippen molar-refractivity contribution in [2.75, 3.05) is 23.4 Å². The monoisotopic (exact) mass is 342 g/mol. The van der Waals surface area contributed by atoms with Crippen molar-refractivity contribution in [1.82, 2.24) is 5.32 Å². The van der Waals surface area contributed by atoms with Crippen LogP contribution in [0.25, 0.3) is 0 Å².